The van der Waals surface area contributed by atoms with Crippen molar-refractivity contribution in [1.29, 1.82) is 0 Å². The zero-order valence-electron chi connectivity index (χ0n) is 19.2. The van der Waals surface area contributed by atoms with Gasteiger partial charge in [-0.05, 0) is 41.4 Å². The van der Waals surface area contributed by atoms with Crippen LogP contribution >= 0.6 is 0 Å². The molecular weight excluding hydrogens is 243 g/mol. The van der Waals surface area contributed by atoms with E-state index >= 15 is 0 Å². The molecule has 5 nitrogen and oxygen atoms in total. The third-order valence-corrected chi connectivity index (χ3v) is 3.38. The highest BCUT2D eigenvalue weighted by Crippen LogP contribution is 2.36. The van der Waals surface area contributed by atoms with Crippen LogP contribution < -0.4 is 5.46 Å². The van der Waals surface area contributed by atoms with Gasteiger partial charge < -0.3 is 14.4 Å². The first-order valence-electron chi connectivity index (χ1n) is 9.79. The fraction of sp³-hybridized carbons (Fsp3) is 0.692. The first kappa shape index (κ1) is 7.15. The lowest BCUT2D eigenvalue weighted by atomic mass is 9.81. The summed E-state index contributed by atoms with van der Waals surface area (Å²) in [6.07, 6.45) is -1.31. The molecule has 0 unspecified atom stereocenters. The Balaban J connectivity index is 2.59. The minimum atomic E-state index is -3.43. The van der Waals surface area contributed by atoms with E-state index in [1.54, 1.807) is 27.7 Å². The highest BCUT2D eigenvalue weighted by Gasteiger charge is 2.52. The molecule has 1 N–H and O–H groups in total. The van der Waals surface area contributed by atoms with Gasteiger partial charge in [-0.2, -0.15) is 0 Å². The van der Waals surface area contributed by atoms with Crippen LogP contribution in [0.1, 0.15) is 58.2 Å². The molecule has 0 amide bonds. The van der Waals surface area contributed by atoms with Gasteiger partial charge in [-0.3, -0.25) is 0 Å². The minimum Gasteiger partial charge on any atom is -0.399 e. The maximum atomic E-state index is 10.4. The molecule has 0 bridgehead atoms. The van der Waals surface area contributed by atoms with Crippen molar-refractivity contribution >= 4 is 12.6 Å². The van der Waals surface area contributed by atoms with Crippen LogP contribution in [0.25, 0.3) is 0 Å². The third-order valence-electron chi connectivity index (χ3n) is 3.38. The first-order valence-corrected chi connectivity index (χ1v) is 5.79. The maximum Gasteiger partial charge on any atom is 0.498 e. The Morgan fingerprint density at radius 2 is 1.68 bits per heavy atom. The summed E-state index contributed by atoms with van der Waals surface area (Å²) in [6.45, 7) is 0.218. The lowest BCUT2D eigenvalue weighted by molar-refractivity contribution is 0.00578. The van der Waals surface area contributed by atoms with Crippen molar-refractivity contribution in [2.75, 3.05) is 0 Å². The van der Waals surface area contributed by atoms with Gasteiger partial charge in [-0.25, -0.2) is 9.97 Å². The van der Waals surface area contributed by atoms with E-state index in [-0.39, 0.29) is 5.46 Å². The largest absolute Gasteiger partial charge is 0.498 e. The zero-order chi connectivity index (χ0) is 21.2. The quantitative estimate of drug-likeness (QED) is 0.814. The van der Waals surface area contributed by atoms with Crippen molar-refractivity contribution in [2.45, 2.75) is 58.2 Å². The van der Waals surface area contributed by atoms with Crippen molar-refractivity contribution < 1.29 is 25.4 Å². The average Bonchev–Trinajstić information content (AvgIpc) is 2.62. The molecule has 2 heterocycles. The van der Waals surface area contributed by atoms with Gasteiger partial charge in [0.15, 0.2) is 5.82 Å². The lowest BCUT2D eigenvalue weighted by Crippen LogP contribution is -2.41. The van der Waals surface area contributed by atoms with Crippen LogP contribution in [-0.2, 0) is 14.9 Å². The second kappa shape index (κ2) is 4.26. The predicted octanol–water partition coefficient (Wildman–Crippen LogP) is 1.00. The summed E-state index contributed by atoms with van der Waals surface area (Å²) >= 11 is 0. The van der Waals surface area contributed by atoms with Gasteiger partial charge in [-0.1, -0.05) is 0 Å². The predicted molar refractivity (Wildman–Crippen MR) is 73.0 cm³/mol. The maximum absolute atomic E-state index is 10.4. The fourth-order valence-electron chi connectivity index (χ4n) is 1.50. The standard InChI is InChI=1S/C13H21BN2O3/c1-11(2,17)10-15-7-9(8-16-10)14-18-12(3,4)13(5,6)19-14/h7-8,17H,1-6H3/i1D3,2D3,7D,8D. The van der Waals surface area contributed by atoms with E-state index in [9.17, 15) is 5.11 Å². The van der Waals surface area contributed by atoms with Gasteiger partial charge in [0.25, 0.3) is 0 Å². The van der Waals surface area contributed by atoms with Crippen LogP contribution in [-0.4, -0.2) is 33.4 Å². The van der Waals surface area contributed by atoms with Crippen LogP contribution in [0.5, 0.6) is 0 Å². The van der Waals surface area contributed by atoms with E-state index in [0.29, 0.717) is 0 Å². The van der Waals surface area contributed by atoms with Crippen molar-refractivity contribution in [3.05, 3.63) is 18.2 Å². The van der Waals surface area contributed by atoms with E-state index in [4.69, 9.17) is 20.3 Å². The van der Waals surface area contributed by atoms with E-state index < -0.39 is 55.8 Å². The van der Waals surface area contributed by atoms with E-state index in [0.717, 1.165) is 0 Å². The summed E-state index contributed by atoms with van der Waals surface area (Å²) in [6, 6.07) is 0. The first-order chi connectivity index (χ1) is 11.8. The zero-order valence-corrected chi connectivity index (χ0v) is 11.2. The number of hydrogen-bond acceptors (Lipinski definition) is 5. The molecule has 1 fully saturated rings. The average molecular weight is 272 g/mol. The molecule has 0 aliphatic carbocycles. The van der Waals surface area contributed by atoms with Crippen molar-refractivity contribution in [3.8, 4) is 0 Å². The van der Waals surface area contributed by atoms with Gasteiger partial charge in [0.1, 0.15) is 5.60 Å². The van der Waals surface area contributed by atoms with Gasteiger partial charge >= 0.3 is 7.12 Å². The fourth-order valence-corrected chi connectivity index (χ4v) is 1.50. The SMILES string of the molecule is [2H]c1nc(C(O)(C([2H])([2H])[2H])C([2H])([2H])[2H])nc([2H])c1B1OC(C)(C)C(C)(C)O1. The Kier molecular flexibility index (Phi) is 1.60. The molecule has 0 radical (unpaired) electrons. The van der Waals surface area contributed by atoms with Gasteiger partial charge in [0, 0.05) is 26.0 Å². The second-order valence-electron chi connectivity index (χ2n) is 5.48. The number of nitrogens with zero attached hydrogens (tertiary/aromatic N) is 2. The Labute approximate surface area is 125 Å². The van der Waals surface area contributed by atoms with Gasteiger partial charge in [0.2, 0.25) is 0 Å². The second-order valence-corrected chi connectivity index (χ2v) is 5.48. The Morgan fingerprint density at radius 3 is 2.11 bits per heavy atom. The summed E-state index contributed by atoms with van der Waals surface area (Å²) in [5, 5.41) is 10.4. The van der Waals surface area contributed by atoms with Crippen LogP contribution in [0.15, 0.2) is 12.3 Å². The summed E-state index contributed by atoms with van der Waals surface area (Å²) in [5.41, 5.74) is -5.16. The lowest BCUT2D eigenvalue weighted by Gasteiger charge is -2.32. The monoisotopic (exact) mass is 272 g/mol. The Bertz CT molecular complexity index is 697. The Hall–Kier alpha value is -0.975. The molecule has 0 saturated carbocycles. The smallest absolute Gasteiger partial charge is 0.399 e. The molecule has 104 valence electrons. The number of aromatic nitrogens is 2. The van der Waals surface area contributed by atoms with E-state index in [1.165, 1.54) is 0 Å². The third kappa shape index (κ3) is 2.66. The van der Waals surface area contributed by atoms with Gasteiger partial charge in [-0.15, -0.1) is 0 Å². The summed E-state index contributed by atoms with van der Waals surface area (Å²) in [5.74, 6) is -1.04. The van der Waals surface area contributed by atoms with Crippen molar-refractivity contribution in [1.82, 2.24) is 9.97 Å². The molecule has 1 saturated heterocycles. The number of rotatable bonds is 2. The molecule has 2 rings (SSSR count). The molecule has 1 aliphatic heterocycles. The molecule has 1 aromatic rings. The Morgan fingerprint density at radius 1 is 1.21 bits per heavy atom. The van der Waals surface area contributed by atoms with Crippen molar-refractivity contribution in [2.24, 2.45) is 0 Å². The normalized spacial score (nSPS) is 29.2. The molecule has 1 aromatic heterocycles. The summed E-state index contributed by atoms with van der Waals surface area (Å²) in [4.78, 5) is 7.17. The molecule has 19 heavy (non-hydrogen) atoms. The highest BCUT2D eigenvalue weighted by atomic mass is 16.7. The van der Waals surface area contributed by atoms with Gasteiger partial charge in [0.05, 0.1) is 13.9 Å². The van der Waals surface area contributed by atoms with E-state index in [1.807, 2.05) is 0 Å². The van der Waals surface area contributed by atoms with Crippen LogP contribution in [0.3, 0.4) is 0 Å². The highest BCUT2D eigenvalue weighted by molar-refractivity contribution is 6.61. The molecule has 0 aromatic carbocycles. The summed E-state index contributed by atoms with van der Waals surface area (Å²) in [7, 11) is -1.17. The van der Waals surface area contributed by atoms with E-state index in [2.05, 4.69) is 9.97 Å². The van der Waals surface area contributed by atoms with Crippen LogP contribution in [0.2, 0.25) is 0 Å². The minimum absolute atomic E-state index is 0.184. The molecule has 0 spiro atoms. The van der Waals surface area contributed by atoms with Crippen molar-refractivity contribution in [3.63, 3.8) is 0 Å². The topological polar surface area (TPSA) is 64.5 Å². The molecular formula is C13H21BN2O3. The summed E-state index contributed by atoms with van der Waals surface area (Å²) < 4.78 is 72.1. The number of aliphatic hydroxyl groups is 1. The number of hydrogen-bond donors (Lipinski definition) is 1. The molecule has 0 atom stereocenters. The van der Waals surface area contributed by atoms with Crippen LogP contribution in [0.4, 0.5) is 0 Å². The van der Waals surface area contributed by atoms with Crippen LogP contribution in [0, 0.1) is 0 Å². The molecule has 6 heteroatoms. The molecule has 1 aliphatic rings.